The van der Waals surface area contributed by atoms with Crippen molar-refractivity contribution in [3.63, 3.8) is 0 Å². The number of carboxylic acid groups (broad SMARTS) is 3. The Balaban J connectivity index is -0.000000384. The van der Waals surface area contributed by atoms with E-state index in [4.69, 9.17) is 15.3 Å². The summed E-state index contributed by atoms with van der Waals surface area (Å²) in [4.78, 5) is 61.1. The van der Waals surface area contributed by atoms with Crippen molar-refractivity contribution in [1.29, 1.82) is 0 Å². The van der Waals surface area contributed by atoms with E-state index in [1.165, 1.54) is 14.2 Å². The first-order valence-corrected chi connectivity index (χ1v) is 9.44. The van der Waals surface area contributed by atoms with Gasteiger partial charge in [-0.25, -0.2) is 0 Å². The molecule has 0 atom stereocenters. The fraction of sp³-hybridized carbons (Fsp3) is 0.684. The van der Waals surface area contributed by atoms with Gasteiger partial charge in [0.05, 0.1) is 33.7 Å². The van der Waals surface area contributed by atoms with Gasteiger partial charge in [0, 0.05) is 25.7 Å². The molecular formula is C19H32O12. The van der Waals surface area contributed by atoms with E-state index in [0.29, 0.717) is 32.3 Å². The summed E-state index contributed by atoms with van der Waals surface area (Å²) in [7, 11) is 2.51. The Labute approximate surface area is 180 Å². The van der Waals surface area contributed by atoms with Crippen LogP contribution in [0.3, 0.4) is 0 Å². The third kappa shape index (κ3) is 34.7. The highest BCUT2D eigenvalue weighted by atomic mass is 16.5. The second-order valence-corrected chi connectivity index (χ2v) is 5.70. The van der Waals surface area contributed by atoms with Crippen LogP contribution in [0.25, 0.3) is 0 Å². The molecule has 0 radical (unpaired) electrons. The van der Waals surface area contributed by atoms with E-state index in [9.17, 15) is 28.8 Å². The first-order chi connectivity index (χ1) is 14.5. The summed E-state index contributed by atoms with van der Waals surface area (Å²) < 4.78 is 13.2. The quantitative estimate of drug-likeness (QED) is 0.208. The number of carbonyl (C=O) groups is 6. The molecule has 31 heavy (non-hydrogen) atoms. The number of ether oxygens (including phenoxy) is 3. The fourth-order valence-electron chi connectivity index (χ4n) is 1.58. The van der Waals surface area contributed by atoms with Crippen LogP contribution in [-0.2, 0) is 43.0 Å². The Kier molecular flexibility index (Phi) is 24.2. The van der Waals surface area contributed by atoms with Gasteiger partial charge >= 0.3 is 35.8 Å². The molecule has 12 nitrogen and oxygen atoms in total. The zero-order valence-electron chi connectivity index (χ0n) is 18.1. The molecular weight excluding hydrogens is 420 g/mol. The van der Waals surface area contributed by atoms with Crippen molar-refractivity contribution in [3.05, 3.63) is 0 Å². The third-order valence-corrected chi connectivity index (χ3v) is 3.10. The Morgan fingerprint density at radius 2 is 0.935 bits per heavy atom. The molecule has 0 aromatic carbocycles. The monoisotopic (exact) mass is 452 g/mol. The average Bonchev–Trinajstić information content (AvgIpc) is 2.70. The van der Waals surface area contributed by atoms with Gasteiger partial charge in [-0.1, -0.05) is 0 Å². The molecule has 180 valence electrons. The van der Waals surface area contributed by atoms with Gasteiger partial charge in [-0.05, 0) is 26.2 Å². The summed E-state index contributed by atoms with van der Waals surface area (Å²) in [5.41, 5.74) is 0. The highest BCUT2D eigenvalue weighted by Crippen LogP contribution is 2.01. The van der Waals surface area contributed by atoms with Crippen molar-refractivity contribution in [1.82, 2.24) is 0 Å². The van der Waals surface area contributed by atoms with Gasteiger partial charge in [0.25, 0.3) is 0 Å². The van der Waals surface area contributed by atoms with E-state index < -0.39 is 23.9 Å². The predicted octanol–water partition coefficient (Wildman–Crippen LogP) is 1.63. The number of aliphatic carboxylic acids is 3. The van der Waals surface area contributed by atoms with Crippen molar-refractivity contribution in [2.24, 2.45) is 0 Å². The molecule has 0 aromatic rings. The zero-order valence-corrected chi connectivity index (χ0v) is 18.1. The molecule has 0 aliphatic rings. The van der Waals surface area contributed by atoms with Crippen LogP contribution in [0, 0.1) is 0 Å². The summed E-state index contributed by atoms with van der Waals surface area (Å²) in [5, 5.41) is 24.5. The van der Waals surface area contributed by atoms with Crippen molar-refractivity contribution in [3.8, 4) is 0 Å². The summed E-state index contributed by atoms with van der Waals surface area (Å²) in [6.45, 7) is 2.13. The molecule has 3 N–H and O–H groups in total. The highest BCUT2D eigenvalue weighted by molar-refractivity contribution is 5.76. The predicted molar refractivity (Wildman–Crippen MR) is 105 cm³/mol. The minimum atomic E-state index is -0.986. The molecule has 0 rings (SSSR count). The minimum absolute atomic E-state index is 0.0229. The Bertz CT molecular complexity index is 556. The molecule has 0 saturated carbocycles. The lowest BCUT2D eigenvalue weighted by Crippen LogP contribution is -2.04. The van der Waals surface area contributed by atoms with Crippen LogP contribution in [0.15, 0.2) is 0 Å². The maximum Gasteiger partial charge on any atom is 0.306 e. The van der Waals surface area contributed by atoms with Gasteiger partial charge in [-0.2, -0.15) is 0 Å². The second-order valence-electron chi connectivity index (χ2n) is 5.70. The van der Waals surface area contributed by atoms with Crippen molar-refractivity contribution >= 4 is 35.8 Å². The molecule has 0 aliphatic heterocycles. The zero-order chi connectivity index (χ0) is 24.7. The van der Waals surface area contributed by atoms with Gasteiger partial charge in [0.2, 0.25) is 0 Å². The molecule has 0 spiro atoms. The summed E-state index contributed by atoms with van der Waals surface area (Å²) >= 11 is 0. The van der Waals surface area contributed by atoms with Crippen LogP contribution in [0.4, 0.5) is 0 Å². The summed E-state index contributed by atoms with van der Waals surface area (Å²) in [6, 6.07) is 0. The van der Waals surface area contributed by atoms with E-state index >= 15 is 0 Å². The number of unbranched alkanes of at least 4 members (excludes halogenated alkanes) is 1. The smallest absolute Gasteiger partial charge is 0.306 e. The lowest BCUT2D eigenvalue weighted by molar-refractivity contribution is -0.145. The standard InChI is InChI=1S/C8H14O4.C6H10O4.C5H8O4/c1-2-12-8(11)6-4-3-5-7(9)10;1-10-6(9)4-2-3-5(7)8;1-9-5(8)3-2-4(6)7/h2-6H2,1H3,(H,9,10);2-4H2,1H3,(H,7,8);2-3H2,1H3,(H,6,7). The number of hydrogen-bond donors (Lipinski definition) is 3. The van der Waals surface area contributed by atoms with E-state index in [1.54, 1.807) is 6.92 Å². The number of rotatable bonds is 13. The maximum absolute atomic E-state index is 10.7. The van der Waals surface area contributed by atoms with Gasteiger partial charge in [-0.15, -0.1) is 0 Å². The first kappa shape index (κ1) is 32.5. The summed E-state index contributed by atoms with van der Waals surface area (Å²) in [5.74, 6) is -3.79. The first-order valence-electron chi connectivity index (χ1n) is 9.44. The number of hydrogen-bond acceptors (Lipinski definition) is 9. The number of carbonyl (C=O) groups excluding carboxylic acids is 3. The van der Waals surface area contributed by atoms with Crippen molar-refractivity contribution in [2.45, 2.75) is 64.7 Å². The number of carboxylic acids is 3. The van der Waals surface area contributed by atoms with Crippen LogP contribution in [0.5, 0.6) is 0 Å². The Morgan fingerprint density at radius 3 is 1.35 bits per heavy atom. The lowest BCUT2D eigenvalue weighted by atomic mass is 10.2. The van der Waals surface area contributed by atoms with Gasteiger partial charge in [0.1, 0.15) is 0 Å². The van der Waals surface area contributed by atoms with Crippen molar-refractivity contribution in [2.75, 3.05) is 20.8 Å². The fourth-order valence-corrected chi connectivity index (χ4v) is 1.58. The highest BCUT2D eigenvalue weighted by Gasteiger charge is 2.04. The normalized spacial score (nSPS) is 9.00. The lowest BCUT2D eigenvalue weighted by Gasteiger charge is -1.99. The van der Waals surface area contributed by atoms with E-state index in [2.05, 4.69) is 14.2 Å². The van der Waals surface area contributed by atoms with E-state index in [1.807, 2.05) is 0 Å². The molecule has 0 saturated heterocycles. The van der Waals surface area contributed by atoms with Crippen LogP contribution in [0.1, 0.15) is 64.7 Å². The molecule has 0 aliphatic carbocycles. The molecule has 0 unspecified atom stereocenters. The maximum atomic E-state index is 10.7. The number of methoxy groups -OCH3 is 2. The number of esters is 3. The van der Waals surface area contributed by atoms with E-state index in [-0.39, 0.29) is 44.0 Å². The molecule has 0 bridgehead atoms. The largest absolute Gasteiger partial charge is 0.481 e. The van der Waals surface area contributed by atoms with Crippen LogP contribution >= 0.6 is 0 Å². The van der Waals surface area contributed by atoms with Gasteiger partial charge < -0.3 is 29.5 Å². The average molecular weight is 452 g/mol. The SMILES string of the molecule is CCOC(=O)CCCCC(=O)O.COC(=O)CCC(=O)O.COC(=O)CCCC(=O)O. The van der Waals surface area contributed by atoms with Crippen LogP contribution < -0.4 is 0 Å². The molecule has 0 aromatic heterocycles. The van der Waals surface area contributed by atoms with Crippen LogP contribution in [-0.4, -0.2) is 72.0 Å². The molecule has 0 heterocycles. The van der Waals surface area contributed by atoms with E-state index in [0.717, 1.165) is 0 Å². The minimum Gasteiger partial charge on any atom is -0.481 e. The van der Waals surface area contributed by atoms with Crippen LogP contribution in [0.2, 0.25) is 0 Å². The Morgan fingerprint density at radius 1 is 0.548 bits per heavy atom. The van der Waals surface area contributed by atoms with Gasteiger partial charge in [0.15, 0.2) is 0 Å². The van der Waals surface area contributed by atoms with Gasteiger partial charge in [-0.3, -0.25) is 28.8 Å². The molecule has 0 fully saturated rings. The molecule has 12 heteroatoms. The van der Waals surface area contributed by atoms with Crippen molar-refractivity contribution < 1.29 is 58.3 Å². The topological polar surface area (TPSA) is 191 Å². The molecule has 0 amide bonds. The third-order valence-electron chi connectivity index (χ3n) is 3.10. The summed E-state index contributed by atoms with van der Waals surface area (Å²) in [6.07, 6.45) is 1.91. The second kappa shape index (κ2) is 23.1. The Hall–Kier alpha value is -3.18.